The molecule has 0 radical (unpaired) electrons. The normalized spacial score (nSPS) is 12.8. The van der Waals surface area contributed by atoms with E-state index in [0.29, 0.717) is 0 Å². The van der Waals surface area contributed by atoms with Crippen LogP contribution in [0.4, 0.5) is 0 Å². The van der Waals surface area contributed by atoms with Gasteiger partial charge < -0.3 is 14.2 Å². The Balaban J connectivity index is 1.92. The first-order chi connectivity index (χ1) is 11.1. The summed E-state index contributed by atoms with van der Waals surface area (Å²) in [6.07, 6.45) is 1.70. The molecule has 0 aromatic heterocycles. The number of ether oxygens (including phenoxy) is 3. The van der Waals surface area contributed by atoms with Gasteiger partial charge in [0.05, 0.1) is 20.5 Å². The van der Waals surface area contributed by atoms with E-state index in [0.717, 1.165) is 45.1 Å². The zero-order valence-electron chi connectivity index (χ0n) is 13.3. The predicted molar refractivity (Wildman–Crippen MR) is 92.8 cm³/mol. The summed E-state index contributed by atoms with van der Waals surface area (Å²) in [6.45, 7) is 8.39. The van der Waals surface area contributed by atoms with Crippen molar-refractivity contribution in [2.75, 3.05) is 14.2 Å². The summed E-state index contributed by atoms with van der Waals surface area (Å²) in [4.78, 5) is 0. The van der Waals surface area contributed by atoms with E-state index in [-0.39, 0.29) is 0 Å². The van der Waals surface area contributed by atoms with Crippen LogP contribution in [0.15, 0.2) is 67.5 Å². The molecule has 0 amide bonds. The van der Waals surface area contributed by atoms with Crippen molar-refractivity contribution in [1.82, 2.24) is 0 Å². The summed E-state index contributed by atoms with van der Waals surface area (Å²) in [7, 11) is 3.29. The van der Waals surface area contributed by atoms with Crippen LogP contribution in [0.5, 0.6) is 17.2 Å². The van der Waals surface area contributed by atoms with Crippen molar-refractivity contribution in [2.45, 2.75) is 0 Å². The number of methoxy groups -OCH3 is 2. The van der Waals surface area contributed by atoms with Crippen molar-refractivity contribution in [2.24, 2.45) is 0 Å². The van der Waals surface area contributed by atoms with E-state index in [1.165, 1.54) is 0 Å². The van der Waals surface area contributed by atoms with E-state index in [4.69, 9.17) is 14.2 Å². The molecule has 23 heavy (non-hydrogen) atoms. The first-order valence-electron chi connectivity index (χ1n) is 7.22. The van der Waals surface area contributed by atoms with E-state index in [2.05, 4.69) is 13.2 Å². The fraction of sp³-hybridized carbons (Fsp3) is 0.100. The highest BCUT2D eigenvalue weighted by Gasteiger charge is 2.20. The van der Waals surface area contributed by atoms with Gasteiger partial charge in [-0.15, -0.1) is 0 Å². The van der Waals surface area contributed by atoms with Gasteiger partial charge >= 0.3 is 0 Å². The summed E-state index contributed by atoms with van der Waals surface area (Å²) >= 11 is 0. The number of hydrogen-bond donors (Lipinski definition) is 0. The van der Waals surface area contributed by atoms with Gasteiger partial charge in [-0.25, -0.2) is 0 Å². The molecule has 1 aliphatic rings. The zero-order chi connectivity index (χ0) is 16.4. The molecule has 0 atom stereocenters. The Bertz CT molecular complexity index is 798. The minimum Gasteiger partial charge on any atom is -0.497 e. The van der Waals surface area contributed by atoms with Gasteiger partial charge in [0.2, 0.25) is 0 Å². The van der Waals surface area contributed by atoms with Gasteiger partial charge in [-0.1, -0.05) is 25.3 Å². The molecule has 0 bridgehead atoms. The van der Waals surface area contributed by atoms with Crippen LogP contribution < -0.4 is 14.2 Å². The van der Waals surface area contributed by atoms with Crippen molar-refractivity contribution in [3.05, 3.63) is 78.6 Å². The van der Waals surface area contributed by atoms with Gasteiger partial charge in [0.1, 0.15) is 17.2 Å². The average Bonchev–Trinajstić information content (AvgIpc) is 2.61. The van der Waals surface area contributed by atoms with Crippen LogP contribution in [-0.2, 0) is 0 Å². The lowest BCUT2D eigenvalue weighted by Crippen LogP contribution is -2.03. The van der Waals surface area contributed by atoms with Gasteiger partial charge in [0, 0.05) is 11.1 Å². The summed E-state index contributed by atoms with van der Waals surface area (Å²) in [5, 5.41) is 0. The van der Waals surface area contributed by atoms with Crippen molar-refractivity contribution in [1.29, 1.82) is 0 Å². The maximum atomic E-state index is 5.73. The summed E-state index contributed by atoms with van der Waals surface area (Å²) in [5.74, 6) is 2.34. The smallest absolute Gasteiger partial charge is 0.134 e. The lowest BCUT2D eigenvalue weighted by Gasteiger charge is -2.22. The summed E-state index contributed by atoms with van der Waals surface area (Å²) in [6, 6.07) is 13.4. The van der Waals surface area contributed by atoms with E-state index in [9.17, 15) is 0 Å². The highest BCUT2D eigenvalue weighted by molar-refractivity contribution is 5.98. The van der Waals surface area contributed by atoms with E-state index < -0.39 is 0 Å². The second kappa shape index (κ2) is 6.05. The van der Waals surface area contributed by atoms with Crippen LogP contribution in [0.1, 0.15) is 11.1 Å². The fourth-order valence-corrected chi connectivity index (χ4v) is 2.51. The van der Waals surface area contributed by atoms with Crippen molar-refractivity contribution in [3.63, 3.8) is 0 Å². The minimum absolute atomic E-state index is 0.766. The van der Waals surface area contributed by atoms with Crippen LogP contribution in [0.25, 0.3) is 11.1 Å². The maximum absolute atomic E-state index is 5.73. The van der Waals surface area contributed by atoms with Gasteiger partial charge in [-0.2, -0.15) is 0 Å². The Kier molecular flexibility index (Phi) is 3.94. The molecule has 0 N–H and O–H groups in total. The number of rotatable bonds is 4. The second-order valence-corrected chi connectivity index (χ2v) is 5.20. The Labute approximate surface area is 136 Å². The minimum atomic E-state index is 0.766. The van der Waals surface area contributed by atoms with Crippen molar-refractivity contribution < 1.29 is 14.2 Å². The third-order valence-electron chi connectivity index (χ3n) is 3.90. The summed E-state index contributed by atoms with van der Waals surface area (Å²) in [5.41, 5.74) is 4.50. The average molecular weight is 306 g/mol. The lowest BCUT2D eigenvalue weighted by atomic mass is 9.89. The van der Waals surface area contributed by atoms with Crippen LogP contribution >= 0.6 is 0 Å². The molecular formula is C20H18O3. The van der Waals surface area contributed by atoms with Crippen LogP contribution in [0.2, 0.25) is 0 Å². The molecule has 116 valence electrons. The number of fused-ring (bicyclic) bond motifs is 1. The molecule has 0 saturated heterocycles. The molecule has 3 heteroatoms. The SMILES string of the molecule is C=C(C1=COc2ccc(OC)cc2C1=C)c1ccc(OC)cc1. The van der Waals surface area contributed by atoms with Crippen molar-refractivity contribution >= 4 is 11.1 Å². The number of allylic oxidation sites excluding steroid dienone is 3. The molecule has 0 fully saturated rings. The molecule has 0 aliphatic carbocycles. The molecule has 3 rings (SSSR count). The van der Waals surface area contributed by atoms with Crippen LogP contribution in [0.3, 0.4) is 0 Å². The topological polar surface area (TPSA) is 27.7 Å². The van der Waals surface area contributed by atoms with Crippen molar-refractivity contribution in [3.8, 4) is 17.2 Å². The first kappa shape index (κ1) is 15.0. The van der Waals surface area contributed by atoms with E-state index in [1.54, 1.807) is 20.5 Å². The molecule has 0 saturated carbocycles. The van der Waals surface area contributed by atoms with Gasteiger partial charge in [0.15, 0.2) is 0 Å². The third kappa shape index (κ3) is 2.73. The third-order valence-corrected chi connectivity index (χ3v) is 3.90. The maximum Gasteiger partial charge on any atom is 0.134 e. The molecule has 1 aliphatic heterocycles. The highest BCUT2D eigenvalue weighted by atomic mass is 16.5. The molecule has 0 unspecified atom stereocenters. The Morgan fingerprint density at radius 3 is 2.26 bits per heavy atom. The first-order valence-corrected chi connectivity index (χ1v) is 7.22. The lowest BCUT2D eigenvalue weighted by molar-refractivity contribution is 0.412. The quantitative estimate of drug-likeness (QED) is 0.819. The molecule has 2 aromatic rings. The summed E-state index contributed by atoms with van der Waals surface area (Å²) < 4.78 is 16.2. The molecule has 0 spiro atoms. The molecular weight excluding hydrogens is 288 g/mol. The van der Waals surface area contributed by atoms with Gasteiger partial charge in [-0.05, 0) is 47.0 Å². The Morgan fingerprint density at radius 1 is 0.957 bits per heavy atom. The Hall–Kier alpha value is -2.94. The highest BCUT2D eigenvalue weighted by Crippen LogP contribution is 2.41. The monoisotopic (exact) mass is 306 g/mol. The molecule has 2 aromatic carbocycles. The largest absolute Gasteiger partial charge is 0.497 e. The Morgan fingerprint density at radius 2 is 1.61 bits per heavy atom. The van der Waals surface area contributed by atoms with E-state index in [1.807, 2.05) is 42.5 Å². The van der Waals surface area contributed by atoms with Gasteiger partial charge in [-0.3, -0.25) is 0 Å². The number of hydrogen-bond acceptors (Lipinski definition) is 3. The fourth-order valence-electron chi connectivity index (χ4n) is 2.51. The van der Waals surface area contributed by atoms with Crippen LogP contribution in [0, 0.1) is 0 Å². The zero-order valence-corrected chi connectivity index (χ0v) is 13.3. The predicted octanol–water partition coefficient (Wildman–Crippen LogP) is 4.71. The standard InChI is InChI=1S/C20H18O3/c1-13(15-5-7-16(21-3)8-6-15)19-12-23-20-10-9-17(22-4)11-18(20)14(19)2/h5-12H,1-2H2,3-4H3. The van der Waals surface area contributed by atoms with E-state index >= 15 is 0 Å². The number of benzene rings is 2. The van der Waals surface area contributed by atoms with Gasteiger partial charge in [0.25, 0.3) is 0 Å². The van der Waals surface area contributed by atoms with Crippen LogP contribution in [-0.4, -0.2) is 14.2 Å². The molecule has 1 heterocycles. The molecule has 3 nitrogen and oxygen atoms in total. The second-order valence-electron chi connectivity index (χ2n) is 5.20.